The molecule has 0 amide bonds. The molecule has 1 unspecified atom stereocenters. The number of thioether (sulfide) groups is 2. The lowest BCUT2D eigenvalue weighted by molar-refractivity contribution is 0.896. The van der Waals surface area contributed by atoms with Gasteiger partial charge in [0.2, 0.25) is 0 Å². The Morgan fingerprint density at radius 2 is 1.89 bits per heavy atom. The summed E-state index contributed by atoms with van der Waals surface area (Å²) in [6.07, 6.45) is 0. The molecule has 0 fully saturated rings. The maximum absolute atomic E-state index is 5.97. The number of anilines is 1. The average Bonchev–Trinajstić information content (AvgIpc) is 2.81. The highest BCUT2D eigenvalue weighted by atomic mass is 32.2. The van der Waals surface area contributed by atoms with Gasteiger partial charge in [-0.25, -0.2) is 0 Å². The fourth-order valence-corrected chi connectivity index (χ4v) is 4.66. The number of nitrogens with two attached hydrogens (primary N) is 1. The van der Waals surface area contributed by atoms with Gasteiger partial charge in [0, 0.05) is 32.9 Å². The fourth-order valence-electron chi connectivity index (χ4n) is 2.17. The summed E-state index contributed by atoms with van der Waals surface area (Å²) in [5, 5.41) is 0. The van der Waals surface area contributed by atoms with Gasteiger partial charge in [0.1, 0.15) is 0 Å². The molecule has 3 heteroatoms. The van der Waals surface area contributed by atoms with Crippen LogP contribution in [-0.4, -0.2) is 11.5 Å². The molecule has 0 saturated heterocycles. The van der Waals surface area contributed by atoms with Crippen LogP contribution in [0.15, 0.2) is 58.3 Å². The minimum Gasteiger partial charge on any atom is -0.398 e. The lowest BCUT2D eigenvalue weighted by atomic mass is 10.0. The van der Waals surface area contributed by atoms with Crippen LogP contribution in [0.1, 0.15) is 11.5 Å². The summed E-state index contributed by atoms with van der Waals surface area (Å²) in [7, 11) is 0. The summed E-state index contributed by atoms with van der Waals surface area (Å²) in [4.78, 5) is 2.65. The van der Waals surface area contributed by atoms with Crippen molar-refractivity contribution in [2.45, 2.75) is 15.7 Å². The standard InChI is InChI=1S/C15H15NS2/c16-13-6-2-4-8-15(13)18-10-11-9-17-14-7-3-1-5-12(11)14/h1-8,11H,9-10,16H2. The molecule has 0 spiro atoms. The fraction of sp³-hybridized carbons (Fsp3) is 0.200. The van der Waals surface area contributed by atoms with Crippen molar-refractivity contribution in [3.05, 3.63) is 54.1 Å². The van der Waals surface area contributed by atoms with E-state index in [4.69, 9.17) is 5.73 Å². The second-order valence-electron chi connectivity index (χ2n) is 4.39. The van der Waals surface area contributed by atoms with Crippen molar-refractivity contribution in [3.63, 3.8) is 0 Å². The summed E-state index contributed by atoms with van der Waals surface area (Å²) in [6, 6.07) is 16.9. The van der Waals surface area contributed by atoms with Gasteiger partial charge in [0.25, 0.3) is 0 Å². The molecule has 0 saturated carbocycles. The van der Waals surface area contributed by atoms with Crippen LogP contribution >= 0.6 is 23.5 Å². The van der Waals surface area contributed by atoms with E-state index in [0.29, 0.717) is 5.92 Å². The number of para-hydroxylation sites is 1. The maximum atomic E-state index is 5.97. The average molecular weight is 273 g/mol. The molecule has 0 aromatic heterocycles. The molecule has 1 heterocycles. The predicted molar refractivity (Wildman–Crippen MR) is 81.5 cm³/mol. The highest BCUT2D eigenvalue weighted by molar-refractivity contribution is 8.00. The molecule has 1 aliphatic heterocycles. The third-order valence-corrected chi connectivity index (χ3v) is 5.66. The van der Waals surface area contributed by atoms with Gasteiger partial charge >= 0.3 is 0 Å². The van der Waals surface area contributed by atoms with Crippen molar-refractivity contribution < 1.29 is 0 Å². The SMILES string of the molecule is Nc1ccccc1SCC1CSc2ccccc21. The highest BCUT2D eigenvalue weighted by Gasteiger charge is 2.22. The summed E-state index contributed by atoms with van der Waals surface area (Å²) in [5.41, 5.74) is 8.37. The van der Waals surface area contributed by atoms with E-state index in [1.54, 1.807) is 0 Å². The van der Waals surface area contributed by atoms with Gasteiger partial charge in [0.15, 0.2) is 0 Å². The first-order chi connectivity index (χ1) is 8.84. The number of fused-ring (bicyclic) bond motifs is 1. The monoisotopic (exact) mass is 273 g/mol. The van der Waals surface area contributed by atoms with E-state index in [-0.39, 0.29) is 0 Å². The van der Waals surface area contributed by atoms with Crippen LogP contribution in [0, 0.1) is 0 Å². The lowest BCUT2D eigenvalue weighted by Crippen LogP contribution is -2.00. The van der Waals surface area contributed by atoms with Crippen molar-refractivity contribution in [1.82, 2.24) is 0 Å². The molecule has 2 N–H and O–H groups in total. The molecule has 3 rings (SSSR count). The Morgan fingerprint density at radius 3 is 2.78 bits per heavy atom. The molecular weight excluding hydrogens is 258 g/mol. The molecule has 0 bridgehead atoms. The van der Waals surface area contributed by atoms with Crippen molar-refractivity contribution in [1.29, 1.82) is 0 Å². The van der Waals surface area contributed by atoms with Gasteiger partial charge in [-0.1, -0.05) is 30.3 Å². The van der Waals surface area contributed by atoms with Gasteiger partial charge < -0.3 is 5.73 Å². The molecule has 18 heavy (non-hydrogen) atoms. The van der Waals surface area contributed by atoms with Crippen LogP contribution < -0.4 is 5.73 Å². The van der Waals surface area contributed by atoms with E-state index >= 15 is 0 Å². The van der Waals surface area contributed by atoms with E-state index in [9.17, 15) is 0 Å². The molecular formula is C15H15NS2. The topological polar surface area (TPSA) is 26.0 Å². The first kappa shape index (κ1) is 12.0. The van der Waals surface area contributed by atoms with Crippen molar-refractivity contribution in [3.8, 4) is 0 Å². The molecule has 2 aromatic rings. The summed E-state index contributed by atoms with van der Waals surface area (Å²) in [6.45, 7) is 0. The highest BCUT2D eigenvalue weighted by Crippen LogP contribution is 2.42. The quantitative estimate of drug-likeness (QED) is 0.669. The first-order valence-electron chi connectivity index (χ1n) is 6.03. The van der Waals surface area contributed by atoms with E-state index in [1.807, 2.05) is 35.7 Å². The Bertz CT molecular complexity index is 554. The Hall–Kier alpha value is -1.06. The summed E-state index contributed by atoms with van der Waals surface area (Å²) >= 11 is 3.84. The second-order valence-corrected chi connectivity index (χ2v) is 6.52. The molecule has 0 aliphatic carbocycles. The zero-order valence-electron chi connectivity index (χ0n) is 10.0. The number of benzene rings is 2. The third-order valence-electron chi connectivity index (χ3n) is 3.16. The van der Waals surface area contributed by atoms with Gasteiger partial charge in [-0.3, -0.25) is 0 Å². The van der Waals surface area contributed by atoms with Crippen LogP contribution in [0.25, 0.3) is 0 Å². The predicted octanol–water partition coefficient (Wildman–Crippen LogP) is 4.25. The maximum Gasteiger partial charge on any atom is 0.0452 e. The third kappa shape index (κ3) is 2.38. The number of hydrogen-bond acceptors (Lipinski definition) is 3. The molecule has 92 valence electrons. The van der Waals surface area contributed by atoms with E-state index in [2.05, 4.69) is 36.4 Å². The van der Waals surface area contributed by atoms with E-state index in [1.165, 1.54) is 21.1 Å². The Morgan fingerprint density at radius 1 is 1.11 bits per heavy atom. The van der Waals surface area contributed by atoms with Crippen molar-refractivity contribution in [2.24, 2.45) is 0 Å². The second kappa shape index (κ2) is 5.29. The first-order valence-corrected chi connectivity index (χ1v) is 8.01. The largest absolute Gasteiger partial charge is 0.398 e. The summed E-state index contributed by atoms with van der Waals surface area (Å²) in [5.74, 6) is 2.95. The van der Waals surface area contributed by atoms with E-state index < -0.39 is 0 Å². The Kier molecular flexibility index (Phi) is 3.52. The minimum absolute atomic E-state index is 0.649. The normalized spacial score (nSPS) is 17.7. The van der Waals surface area contributed by atoms with Crippen molar-refractivity contribution in [2.75, 3.05) is 17.2 Å². The molecule has 0 radical (unpaired) electrons. The zero-order chi connectivity index (χ0) is 12.4. The minimum atomic E-state index is 0.649. The van der Waals surface area contributed by atoms with Crippen LogP contribution in [0.5, 0.6) is 0 Å². The number of rotatable bonds is 3. The van der Waals surface area contributed by atoms with E-state index in [0.717, 1.165) is 11.4 Å². The Labute approximate surface area is 116 Å². The smallest absolute Gasteiger partial charge is 0.0452 e. The number of nitrogen functional groups attached to an aromatic ring is 1. The zero-order valence-corrected chi connectivity index (χ0v) is 11.6. The lowest BCUT2D eigenvalue weighted by Gasteiger charge is -2.11. The summed E-state index contributed by atoms with van der Waals surface area (Å²) < 4.78 is 0. The Balaban J connectivity index is 1.71. The van der Waals surface area contributed by atoms with Gasteiger partial charge in [-0.15, -0.1) is 23.5 Å². The molecule has 1 nitrogen and oxygen atoms in total. The van der Waals surface area contributed by atoms with Crippen LogP contribution in [-0.2, 0) is 0 Å². The molecule has 1 aliphatic rings. The van der Waals surface area contributed by atoms with Crippen molar-refractivity contribution >= 4 is 29.2 Å². The molecule has 2 aromatic carbocycles. The van der Waals surface area contributed by atoms with Gasteiger partial charge in [-0.2, -0.15) is 0 Å². The molecule has 1 atom stereocenters. The van der Waals surface area contributed by atoms with Crippen LogP contribution in [0.2, 0.25) is 0 Å². The van der Waals surface area contributed by atoms with Gasteiger partial charge in [-0.05, 0) is 23.8 Å². The van der Waals surface area contributed by atoms with Gasteiger partial charge in [0.05, 0.1) is 0 Å². The van der Waals surface area contributed by atoms with Crippen LogP contribution in [0.3, 0.4) is 0 Å². The van der Waals surface area contributed by atoms with Crippen LogP contribution in [0.4, 0.5) is 5.69 Å². The number of hydrogen-bond donors (Lipinski definition) is 1.